The average Bonchev–Trinajstić information content (AvgIpc) is 3.18. The molecule has 6 rings (SSSR count). The number of alkyl halides is 6. The van der Waals surface area contributed by atoms with E-state index in [4.69, 9.17) is 12.3 Å². The van der Waals surface area contributed by atoms with Gasteiger partial charge in [-0.15, -0.1) is 0 Å². The molecule has 0 heterocycles. The molecule has 0 spiro atoms. The Morgan fingerprint density at radius 2 is 0.491 bits per heavy atom. The predicted molar refractivity (Wildman–Crippen MR) is 204 cm³/mol. The van der Waals surface area contributed by atoms with Gasteiger partial charge in [0.05, 0.1) is 0 Å². The second-order valence-electron chi connectivity index (χ2n) is 12.0. The number of rotatable bonds is 12. The van der Waals surface area contributed by atoms with E-state index in [1.54, 1.807) is 0 Å². The molecule has 0 aliphatic heterocycles. The van der Waals surface area contributed by atoms with E-state index in [0.29, 0.717) is 0 Å². The topological polar surface area (TPSA) is 96.0 Å². The van der Waals surface area contributed by atoms with Crippen molar-refractivity contribution in [2.24, 2.45) is 0 Å². The fourth-order valence-electron chi connectivity index (χ4n) is 6.41. The minimum absolute atomic E-state index is 0.400. The van der Waals surface area contributed by atoms with Crippen molar-refractivity contribution in [3.05, 3.63) is 182 Å². The van der Waals surface area contributed by atoms with Crippen LogP contribution in [0.2, 0.25) is 0 Å². The second kappa shape index (κ2) is 14.2. The third kappa shape index (κ3) is 6.47. The SMILES string of the molecule is O=S(=O)(OP(OP(OS(=O)(=O)C(F)(F)F)(c1ccccc1)(c1ccccc1)c1ccccc1)(c1ccccc1)(c1ccccc1)c1ccccc1)C(F)(F)F. The van der Waals surface area contributed by atoms with Gasteiger partial charge in [0.1, 0.15) is 0 Å². The summed E-state index contributed by atoms with van der Waals surface area (Å²) in [5.41, 5.74) is -12.3. The van der Waals surface area contributed by atoms with Crippen LogP contribution in [0.5, 0.6) is 0 Å². The molecule has 0 atom stereocenters. The van der Waals surface area contributed by atoms with Crippen LogP contribution in [0.4, 0.5) is 26.3 Å². The summed E-state index contributed by atoms with van der Waals surface area (Å²) >= 11 is 0. The normalized spacial score (nSPS) is 14.6. The summed E-state index contributed by atoms with van der Waals surface area (Å²) in [5.74, 6) is 0. The second-order valence-corrected chi connectivity index (χ2v) is 23.5. The summed E-state index contributed by atoms with van der Waals surface area (Å²) in [6, 6.07) is 39.2. The molecular weight excluding hydrogens is 808 g/mol. The first-order chi connectivity index (χ1) is 25.9. The summed E-state index contributed by atoms with van der Waals surface area (Å²) < 4.78 is 165. The first-order valence-corrected chi connectivity index (χ1v) is 23.0. The van der Waals surface area contributed by atoms with Crippen molar-refractivity contribution in [1.82, 2.24) is 0 Å². The summed E-state index contributed by atoms with van der Waals surface area (Å²) in [6.07, 6.45) is 0. The first-order valence-electron chi connectivity index (χ1n) is 16.1. The van der Waals surface area contributed by atoms with Gasteiger partial charge in [-0.2, -0.15) is 0 Å². The van der Waals surface area contributed by atoms with Crippen molar-refractivity contribution in [3.63, 3.8) is 0 Å². The van der Waals surface area contributed by atoms with Crippen LogP contribution < -0.4 is 31.8 Å². The third-order valence-corrected chi connectivity index (χ3v) is 23.6. The van der Waals surface area contributed by atoms with Crippen molar-refractivity contribution in [2.45, 2.75) is 11.0 Å². The fraction of sp³-hybridized carbons (Fsp3) is 0.0526. The molecular formula is C38H30F6O7P2S2. The summed E-state index contributed by atoms with van der Waals surface area (Å²) in [4.78, 5) is 0. The molecule has 0 saturated heterocycles. The number of benzene rings is 6. The Balaban J connectivity index is 2.06. The zero-order valence-electron chi connectivity index (χ0n) is 28.2. The first kappa shape index (κ1) is 40.2. The van der Waals surface area contributed by atoms with E-state index in [2.05, 4.69) is 0 Å². The van der Waals surface area contributed by atoms with E-state index in [0.717, 1.165) is 0 Å². The Morgan fingerprint density at radius 1 is 0.327 bits per heavy atom. The molecule has 0 saturated carbocycles. The molecule has 17 heteroatoms. The van der Waals surface area contributed by atoms with Crippen molar-refractivity contribution in [1.29, 1.82) is 0 Å². The monoisotopic (exact) mass is 838 g/mol. The van der Waals surface area contributed by atoms with Crippen molar-refractivity contribution < 1.29 is 55.4 Å². The zero-order chi connectivity index (χ0) is 39.7. The molecule has 0 unspecified atom stereocenters. The molecule has 0 aromatic heterocycles. The van der Waals surface area contributed by atoms with Crippen LogP contribution in [0.3, 0.4) is 0 Å². The molecule has 0 bridgehead atoms. The molecule has 6 aromatic carbocycles. The standard InChI is InChI=1S/C38H30F6O7P2S2/c39-37(40,41)54(45,46)50-52(31-19-7-1-8-20-31,32-21-9-2-10-22-32,33-23-11-3-12-24-33)49-53(34-25-13-4-14-26-34,35-27-15-5-16-28-35,36-29-17-6-18-30-36)51-55(47,48)38(42,43)44/h1-30H. The molecule has 288 valence electrons. The van der Waals surface area contributed by atoms with Crippen molar-refractivity contribution >= 4 is 66.2 Å². The summed E-state index contributed by atoms with van der Waals surface area (Å²) in [5, 5.41) is -2.40. The third-order valence-electron chi connectivity index (χ3n) is 8.71. The summed E-state index contributed by atoms with van der Waals surface area (Å²) in [6.45, 7) is 0. The number of hydrogen-bond donors (Lipinski definition) is 0. The quantitative estimate of drug-likeness (QED) is 0.0718. The van der Waals surface area contributed by atoms with Crippen molar-refractivity contribution in [3.8, 4) is 0 Å². The van der Waals surface area contributed by atoms with Crippen LogP contribution in [0, 0.1) is 0 Å². The molecule has 0 radical (unpaired) electrons. The van der Waals surface area contributed by atoms with Gasteiger partial charge in [-0.3, -0.25) is 0 Å². The van der Waals surface area contributed by atoms with E-state index in [1.807, 2.05) is 0 Å². The number of halogens is 6. The van der Waals surface area contributed by atoms with E-state index in [-0.39, 0.29) is 0 Å². The Kier molecular flexibility index (Phi) is 10.4. The summed E-state index contributed by atoms with van der Waals surface area (Å²) in [7, 11) is -27.1. The molecule has 55 heavy (non-hydrogen) atoms. The van der Waals surface area contributed by atoms with E-state index in [1.165, 1.54) is 182 Å². The van der Waals surface area contributed by atoms with Gasteiger partial charge in [0.25, 0.3) is 0 Å². The van der Waals surface area contributed by atoms with Crippen LogP contribution in [-0.2, 0) is 32.5 Å². The predicted octanol–water partition coefficient (Wildman–Crippen LogP) is 7.46. The van der Waals surface area contributed by atoms with Gasteiger partial charge < -0.3 is 0 Å². The Bertz CT molecular complexity index is 2110. The Labute approximate surface area is 313 Å². The van der Waals surface area contributed by atoms with Crippen LogP contribution in [0.1, 0.15) is 0 Å². The average molecular weight is 839 g/mol. The van der Waals surface area contributed by atoms with E-state index < -0.39 is 77.2 Å². The molecule has 0 aliphatic carbocycles. The number of hydrogen-bond acceptors (Lipinski definition) is 7. The van der Waals surface area contributed by atoms with E-state index in [9.17, 15) is 43.2 Å². The molecule has 0 aliphatic rings. The van der Waals surface area contributed by atoms with Gasteiger partial charge in [-0.05, 0) is 0 Å². The van der Waals surface area contributed by atoms with Crippen LogP contribution in [-0.4, -0.2) is 27.9 Å². The molecule has 6 aromatic rings. The van der Waals surface area contributed by atoms with Crippen LogP contribution >= 0.6 is 14.1 Å². The maximum absolute atomic E-state index is 15.0. The van der Waals surface area contributed by atoms with E-state index >= 15 is 0 Å². The van der Waals surface area contributed by atoms with Gasteiger partial charge in [0.2, 0.25) is 0 Å². The molecule has 0 N–H and O–H groups in total. The zero-order valence-corrected chi connectivity index (χ0v) is 31.6. The van der Waals surface area contributed by atoms with Gasteiger partial charge in [0.15, 0.2) is 0 Å². The van der Waals surface area contributed by atoms with Crippen LogP contribution in [0.15, 0.2) is 182 Å². The van der Waals surface area contributed by atoms with Gasteiger partial charge in [-0.25, -0.2) is 0 Å². The minimum atomic E-state index is -6.85. The maximum atomic E-state index is 15.0. The van der Waals surface area contributed by atoms with Gasteiger partial charge in [-0.1, -0.05) is 0 Å². The Hall–Kier alpha value is -4.46. The van der Waals surface area contributed by atoms with Crippen molar-refractivity contribution in [2.75, 3.05) is 0 Å². The van der Waals surface area contributed by atoms with Gasteiger partial charge >= 0.3 is 315 Å². The molecule has 7 nitrogen and oxygen atoms in total. The van der Waals surface area contributed by atoms with Gasteiger partial charge in [0, 0.05) is 0 Å². The van der Waals surface area contributed by atoms with Crippen LogP contribution in [0.25, 0.3) is 0 Å². The fourth-order valence-corrected chi connectivity index (χ4v) is 23.6. The molecule has 0 amide bonds. The molecule has 0 fully saturated rings. The Morgan fingerprint density at radius 3 is 0.636 bits per heavy atom.